The van der Waals surface area contributed by atoms with E-state index in [1.807, 2.05) is 26.1 Å². The summed E-state index contributed by atoms with van der Waals surface area (Å²) in [7, 11) is 1.85. The standard InChI is InChI=1S/C13H20N4O/c1-13(12(14)18)4-6-17(9-13)8-10-3-5-16-11(7-10)15-2/h3,5,7H,4,6,8-9H2,1-2H3,(H2,14,18)(H,15,16). The highest BCUT2D eigenvalue weighted by Crippen LogP contribution is 2.30. The molecule has 2 heterocycles. The number of hydrogen-bond acceptors (Lipinski definition) is 4. The maximum atomic E-state index is 11.4. The topological polar surface area (TPSA) is 71.2 Å². The van der Waals surface area contributed by atoms with Crippen molar-refractivity contribution in [3.8, 4) is 0 Å². The molecule has 2 rings (SSSR count). The van der Waals surface area contributed by atoms with Crippen molar-refractivity contribution in [1.82, 2.24) is 9.88 Å². The second-order valence-electron chi connectivity index (χ2n) is 5.18. The number of nitrogens with one attached hydrogen (secondary N) is 1. The predicted molar refractivity (Wildman–Crippen MR) is 71.0 cm³/mol. The summed E-state index contributed by atoms with van der Waals surface area (Å²) in [6.45, 7) is 4.43. The van der Waals surface area contributed by atoms with Crippen LogP contribution in [0, 0.1) is 5.41 Å². The molecule has 0 saturated carbocycles. The molecule has 1 aliphatic rings. The van der Waals surface area contributed by atoms with Gasteiger partial charge in [0.25, 0.3) is 0 Å². The molecule has 1 saturated heterocycles. The molecule has 0 radical (unpaired) electrons. The van der Waals surface area contributed by atoms with Crippen LogP contribution in [0.1, 0.15) is 18.9 Å². The van der Waals surface area contributed by atoms with Gasteiger partial charge in [0.2, 0.25) is 5.91 Å². The van der Waals surface area contributed by atoms with Crippen LogP contribution in [-0.4, -0.2) is 35.9 Å². The van der Waals surface area contributed by atoms with Crippen LogP contribution in [0.4, 0.5) is 5.82 Å². The third-order valence-electron chi connectivity index (χ3n) is 3.63. The summed E-state index contributed by atoms with van der Waals surface area (Å²) in [5, 5.41) is 3.02. The van der Waals surface area contributed by atoms with Gasteiger partial charge in [-0.3, -0.25) is 9.69 Å². The zero-order valence-corrected chi connectivity index (χ0v) is 10.9. The van der Waals surface area contributed by atoms with Gasteiger partial charge >= 0.3 is 0 Å². The number of carbonyl (C=O) groups is 1. The lowest BCUT2D eigenvalue weighted by atomic mass is 9.89. The van der Waals surface area contributed by atoms with Crippen LogP contribution in [-0.2, 0) is 11.3 Å². The van der Waals surface area contributed by atoms with E-state index < -0.39 is 0 Å². The molecule has 18 heavy (non-hydrogen) atoms. The molecular formula is C13H20N4O. The number of anilines is 1. The van der Waals surface area contributed by atoms with Crippen LogP contribution in [0.5, 0.6) is 0 Å². The Morgan fingerprint density at radius 3 is 3.06 bits per heavy atom. The number of primary amides is 1. The Labute approximate surface area is 107 Å². The van der Waals surface area contributed by atoms with E-state index in [1.54, 1.807) is 6.20 Å². The predicted octanol–water partition coefficient (Wildman–Crippen LogP) is 0.821. The van der Waals surface area contributed by atoms with Crippen LogP contribution < -0.4 is 11.1 Å². The van der Waals surface area contributed by atoms with E-state index in [0.717, 1.165) is 31.9 Å². The number of aromatic nitrogens is 1. The largest absolute Gasteiger partial charge is 0.373 e. The number of hydrogen-bond donors (Lipinski definition) is 2. The number of pyridine rings is 1. The van der Waals surface area contributed by atoms with Crippen molar-refractivity contribution in [3.63, 3.8) is 0 Å². The lowest BCUT2D eigenvalue weighted by Gasteiger charge is -2.21. The molecule has 3 N–H and O–H groups in total. The van der Waals surface area contributed by atoms with Crippen molar-refractivity contribution in [2.24, 2.45) is 11.1 Å². The van der Waals surface area contributed by atoms with Gasteiger partial charge in [-0.05, 0) is 37.6 Å². The Bertz CT molecular complexity index is 448. The fraction of sp³-hybridized carbons (Fsp3) is 0.538. The van der Waals surface area contributed by atoms with Gasteiger partial charge in [-0.1, -0.05) is 0 Å². The maximum absolute atomic E-state index is 11.4. The summed E-state index contributed by atoms with van der Waals surface area (Å²) in [5.74, 6) is 0.667. The third kappa shape index (κ3) is 2.61. The Morgan fingerprint density at radius 1 is 1.67 bits per heavy atom. The summed E-state index contributed by atoms with van der Waals surface area (Å²) < 4.78 is 0. The number of nitrogens with two attached hydrogens (primary N) is 1. The average molecular weight is 248 g/mol. The van der Waals surface area contributed by atoms with Gasteiger partial charge in [0, 0.05) is 26.3 Å². The van der Waals surface area contributed by atoms with Crippen LogP contribution in [0.25, 0.3) is 0 Å². The zero-order valence-electron chi connectivity index (χ0n) is 10.9. The highest BCUT2D eigenvalue weighted by atomic mass is 16.1. The SMILES string of the molecule is CNc1cc(CN2CCC(C)(C(N)=O)C2)ccn1. The molecule has 5 heteroatoms. The molecule has 0 aliphatic carbocycles. The average Bonchev–Trinajstić information content (AvgIpc) is 2.72. The first-order valence-electron chi connectivity index (χ1n) is 6.18. The molecule has 5 nitrogen and oxygen atoms in total. The number of rotatable bonds is 4. The van der Waals surface area contributed by atoms with Gasteiger partial charge < -0.3 is 11.1 Å². The molecule has 1 amide bonds. The minimum Gasteiger partial charge on any atom is -0.373 e. The minimum atomic E-state index is -0.376. The van der Waals surface area contributed by atoms with Crippen molar-refractivity contribution in [3.05, 3.63) is 23.9 Å². The maximum Gasteiger partial charge on any atom is 0.224 e. The number of likely N-dealkylation sites (tertiary alicyclic amines) is 1. The van der Waals surface area contributed by atoms with E-state index >= 15 is 0 Å². The molecule has 98 valence electrons. The second-order valence-corrected chi connectivity index (χ2v) is 5.18. The van der Waals surface area contributed by atoms with Crippen LogP contribution in [0.15, 0.2) is 18.3 Å². The van der Waals surface area contributed by atoms with Crippen molar-refractivity contribution in [2.45, 2.75) is 19.9 Å². The molecule has 1 fully saturated rings. The summed E-state index contributed by atoms with van der Waals surface area (Å²) in [6, 6.07) is 4.03. The van der Waals surface area contributed by atoms with E-state index in [1.165, 1.54) is 5.56 Å². The van der Waals surface area contributed by atoms with E-state index in [0.29, 0.717) is 0 Å². The molecule has 0 bridgehead atoms. The number of carbonyl (C=O) groups excluding carboxylic acids is 1. The highest BCUT2D eigenvalue weighted by Gasteiger charge is 2.38. The van der Waals surface area contributed by atoms with Gasteiger partial charge in [-0.15, -0.1) is 0 Å². The highest BCUT2D eigenvalue weighted by molar-refractivity contribution is 5.81. The first kappa shape index (κ1) is 12.8. The monoisotopic (exact) mass is 248 g/mol. The van der Waals surface area contributed by atoms with Crippen molar-refractivity contribution >= 4 is 11.7 Å². The Hall–Kier alpha value is -1.62. The molecule has 1 atom stereocenters. The molecule has 0 aromatic carbocycles. The second kappa shape index (κ2) is 4.94. The number of nitrogens with zero attached hydrogens (tertiary/aromatic N) is 2. The van der Waals surface area contributed by atoms with Gasteiger partial charge in [-0.25, -0.2) is 4.98 Å². The van der Waals surface area contributed by atoms with Crippen molar-refractivity contribution in [1.29, 1.82) is 0 Å². The summed E-state index contributed by atoms with van der Waals surface area (Å²) in [6.07, 6.45) is 2.64. The van der Waals surface area contributed by atoms with Gasteiger partial charge in [0.1, 0.15) is 5.82 Å². The van der Waals surface area contributed by atoms with Crippen molar-refractivity contribution in [2.75, 3.05) is 25.5 Å². The van der Waals surface area contributed by atoms with Crippen LogP contribution >= 0.6 is 0 Å². The molecule has 1 aliphatic heterocycles. The van der Waals surface area contributed by atoms with Gasteiger partial charge in [0.05, 0.1) is 5.41 Å². The Balaban J connectivity index is 2.01. The molecule has 1 unspecified atom stereocenters. The van der Waals surface area contributed by atoms with E-state index in [9.17, 15) is 4.79 Å². The third-order valence-corrected chi connectivity index (χ3v) is 3.63. The van der Waals surface area contributed by atoms with Crippen LogP contribution in [0.2, 0.25) is 0 Å². The Morgan fingerprint density at radius 2 is 2.44 bits per heavy atom. The minimum absolute atomic E-state index is 0.198. The molecular weight excluding hydrogens is 228 g/mol. The first-order valence-corrected chi connectivity index (χ1v) is 6.18. The fourth-order valence-electron chi connectivity index (χ4n) is 2.36. The lowest BCUT2D eigenvalue weighted by molar-refractivity contribution is -0.126. The van der Waals surface area contributed by atoms with Gasteiger partial charge in [-0.2, -0.15) is 0 Å². The molecule has 0 spiro atoms. The molecule has 1 aromatic rings. The number of amides is 1. The zero-order chi connectivity index (χ0) is 13.2. The quantitative estimate of drug-likeness (QED) is 0.827. The Kier molecular flexibility index (Phi) is 3.52. The molecule has 1 aromatic heterocycles. The van der Waals surface area contributed by atoms with E-state index in [-0.39, 0.29) is 11.3 Å². The summed E-state index contributed by atoms with van der Waals surface area (Å²) in [4.78, 5) is 17.8. The van der Waals surface area contributed by atoms with Crippen LogP contribution in [0.3, 0.4) is 0 Å². The normalized spacial score (nSPS) is 24.1. The lowest BCUT2D eigenvalue weighted by Crippen LogP contribution is -2.36. The van der Waals surface area contributed by atoms with E-state index in [2.05, 4.69) is 15.2 Å². The summed E-state index contributed by atoms with van der Waals surface area (Å²) in [5.41, 5.74) is 6.27. The fourth-order valence-corrected chi connectivity index (χ4v) is 2.36. The smallest absolute Gasteiger partial charge is 0.224 e. The van der Waals surface area contributed by atoms with Crippen molar-refractivity contribution < 1.29 is 4.79 Å². The first-order chi connectivity index (χ1) is 8.53. The van der Waals surface area contributed by atoms with Gasteiger partial charge in [0.15, 0.2) is 0 Å². The summed E-state index contributed by atoms with van der Waals surface area (Å²) >= 11 is 0. The van der Waals surface area contributed by atoms with E-state index in [4.69, 9.17) is 5.73 Å².